The van der Waals surface area contributed by atoms with Crippen molar-refractivity contribution in [2.45, 2.75) is 43.6 Å². The monoisotopic (exact) mass is 217 g/mol. The molecule has 2 heterocycles. The van der Waals surface area contributed by atoms with Gasteiger partial charge in [-0.15, -0.1) is 11.6 Å². The van der Waals surface area contributed by atoms with E-state index in [0.717, 1.165) is 39.1 Å². The molecule has 2 aliphatic heterocycles. The molecule has 2 aliphatic rings. The summed E-state index contributed by atoms with van der Waals surface area (Å²) in [6.45, 7) is 4.42. The van der Waals surface area contributed by atoms with E-state index in [1.807, 2.05) is 0 Å². The zero-order valence-corrected chi connectivity index (χ0v) is 9.51. The minimum atomic E-state index is 0.415. The van der Waals surface area contributed by atoms with Crippen LogP contribution in [-0.4, -0.2) is 42.6 Å². The molecule has 0 N–H and O–H groups in total. The van der Waals surface area contributed by atoms with Crippen LogP contribution in [0.5, 0.6) is 0 Å². The Morgan fingerprint density at radius 3 is 2.57 bits per heavy atom. The van der Waals surface area contributed by atoms with Gasteiger partial charge in [0.1, 0.15) is 0 Å². The molecule has 2 nitrogen and oxygen atoms in total. The smallest absolute Gasteiger partial charge is 0.0702 e. The van der Waals surface area contributed by atoms with Crippen molar-refractivity contribution in [3.8, 4) is 0 Å². The van der Waals surface area contributed by atoms with Crippen LogP contribution in [0.1, 0.15) is 32.1 Å². The van der Waals surface area contributed by atoms with E-state index in [1.165, 1.54) is 19.3 Å². The second-order valence-corrected chi connectivity index (χ2v) is 5.08. The Bertz CT molecular complexity index is 163. The topological polar surface area (TPSA) is 12.5 Å². The Hall–Kier alpha value is 0.210. The molecule has 2 saturated heterocycles. The highest BCUT2D eigenvalue weighted by atomic mass is 35.5. The summed E-state index contributed by atoms with van der Waals surface area (Å²) < 4.78 is 5.73. The summed E-state index contributed by atoms with van der Waals surface area (Å²) in [5, 5.41) is 0.415. The second kappa shape index (κ2) is 5.34. The van der Waals surface area contributed by atoms with Gasteiger partial charge in [-0.25, -0.2) is 0 Å². The number of hydrogen-bond acceptors (Lipinski definition) is 2. The predicted molar refractivity (Wildman–Crippen MR) is 58.9 cm³/mol. The molecule has 2 rings (SSSR count). The molecule has 1 atom stereocenters. The SMILES string of the molecule is ClC1CCN(CC2CCCCO2)CC1. The Labute approximate surface area is 91.6 Å². The van der Waals surface area contributed by atoms with Gasteiger partial charge in [-0.2, -0.15) is 0 Å². The van der Waals surface area contributed by atoms with Crippen LogP contribution in [0.4, 0.5) is 0 Å². The fraction of sp³-hybridized carbons (Fsp3) is 1.00. The van der Waals surface area contributed by atoms with E-state index < -0.39 is 0 Å². The van der Waals surface area contributed by atoms with Crippen LogP contribution >= 0.6 is 11.6 Å². The molecule has 0 aromatic rings. The molecule has 0 saturated carbocycles. The van der Waals surface area contributed by atoms with Crippen molar-refractivity contribution < 1.29 is 4.74 Å². The van der Waals surface area contributed by atoms with Gasteiger partial charge >= 0.3 is 0 Å². The molecule has 0 spiro atoms. The molecule has 0 aromatic carbocycles. The number of nitrogens with zero attached hydrogens (tertiary/aromatic N) is 1. The summed E-state index contributed by atoms with van der Waals surface area (Å²) in [6.07, 6.45) is 6.64. The summed E-state index contributed by atoms with van der Waals surface area (Å²) >= 11 is 6.07. The highest BCUT2D eigenvalue weighted by Crippen LogP contribution is 2.19. The fourth-order valence-corrected chi connectivity index (χ4v) is 2.52. The van der Waals surface area contributed by atoms with E-state index in [1.54, 1.807) is 0 Å². The van der Waals surface area contributed by atoms with Gasteiger partial charge in [0.2, 0.25) is 0 Å². The molecule has 0 amide bonds. The highest BCUT2D eigenvalue weighted by Gasteiger charge is 2.21. The van der Waals surface area contributed by atoms with E-state index in [2.05, 4.69) is 4.90 Å². The third-order valence-corrected chi connectivity index (χ3v) is 3.69. The van der Waals surface area contributed by atoms with Crippen molar-refractivity contribution in [1.29, 1.82) is 0 Å². The maximum Gasteiger partial charge on any atom is 0.0702 e. The lowest BCUT2D eigenvalue weighted by Crippen LogP contribution is -2.40. The largest absolute Gasteiger partial charge is 0.377 e. The van der Waals surface area contributed by atoms with Crippen LogP contribution < -0.4 is 0 Å². The summed E-state index contributed by atoms with van der Waals surface area (Å²) in [4.78, 5) is 2.51. The van der Waals surface area contributed by atoms with Crippen LogP contribution in [0.3, 0.4) is 0 Å². The van der Waals surface area contributed by atoms with Crippen molar-refractivity contribution in [1.82, 2.24) is 4.90 Å². The van der Waals surface area contributed by atoms with Gasteiger partial charge in [0.05, 0.1) is 6.10 Å². The van der Waals surface area contributed by atoms with Crippen LogP contribution in [0, 0.1) is 0 Å². The standard InChI is InChI=1S/C11H20ClNO/c12-10-4-6-13(7-5-10)9-11-3-1-2-8-14-11/h10-11H,1-9H2. The van der Waals surface area contributed by atoms with Gasteiger partial charge in [0, 0.05) is 18.5 Å². The van der Waals surface area contributed by atoms with E-state index in [0.29, 0.717) is 11.5 Å². The predicted octanol–water partition coefficient (Wildman–Crippen LogP) is 2.26. The molecule has 0 aliphatic carbocycles. The van der Waals surface area contributed by atoms with Gasteiger partial charge in [-0.1, -0.05) is 0 Å². The zero-order valence-electron chi connectivity index (χ0n) is 8.75. The van der Waals surface area contributed by atoms with Crippen molar-refractivity contribution in [2.24, 2.45) is 0 Å². The number of rotatable bonds is 2. The lowest BCUT2D eigenvalue weighted by molar-refractivity contribution is -0.00839. The van der Waals surface area contributed by atoms with Crippen molar-refractivity contribution >= 4 is 11.6 Å². The number of alkyl halides is 1. The number of piperidine rings is 1. The number of hydrogen-bond donors (Lipinski definition) is 0. The molecular formula is C11H20ClNO. The minimum absolute atomic E-state index is 0.415. The Morgan fingerprint density at radius 2 is 1.93 bits per heavy atom. The van der Waals surface area contributed by atoms with Gasteiger partial charge in [-0.05, 0) is 45.2 Å². The summed E-state index contributed by atoms with van der Waals surface area (Å²) in [5.74, 6) is 0. The Kier molecular flexibility index (Phi) is 4.09. The fourth-order valence-electron chi connectivity index (χ4n) is 2.32. The van der Waals surface area contributed by atoms with Crippen molar-refractivity contribution in [3.05, 3.63) is 0 Å². The molecular weight excluding hydrogens is 198 g/mol. The first kappa shape index (κ1) is 10.7. The van der Waals surface area contributed by atoms with Crippen LogP contribution in [0.15, 0.2) is 0 Å². The lowest BCUT2D eigenvalue weighted by Gasteiger charge is -2.33. The quantitative estimate of drug-likeness (QED) is 0.658. The number of likely N-dealkylation sites (tertiary alicyclic amines) is 1. The van der Waals surface area contributed by atoms with E-state index >= 15 is 0 Å². The number of halogens is 1. The first-order chi connectivity index (χ1) is 6.84. The molecule has 14 heavy (non-hydrogen) atoms. The molecule has 0 aromatic heterocycles. The molecule has 0 bridgehead atoms. The first-order valence-electron chi connectivity index (χ1n) is 5.82. The highest BCUT2D eigenvalue weighted by molar-refractivity contribution is 6.20. The molecule has 2 fully saturated rings. The summed E-state index contributed by atoms with van der Waals surface area (Å²) in [5.41, 5.74) is 0. The third kappa shape index (κ3) is 3.11. The Balaban J connectivity index is 1.68. The molecule has 3 heteroatoms. The van der Waals surface area contributed by atoms with Crippen LogP contribution in [0.25, 0.3) is 0 Å². The molecule has 0 radical (unpaired) electrons. The van der Waals surface area contributed by atoms with Crippen molar-refractivity contribution in [3.63, 3.8) is 0 Å². The normalized spacial score (nSPS) is 31.9. The maximum absolute atomic E-state index is 6.07. The summed E-state index contributed by atoms with van der Waals surface area (Å²) in [6, 6.07) is 0. The first-order valence-corrected chi connectivity index (χ1v) is 6.26. The summed E-state index contributed by atoms with van der Waals surface area (Å²) in [7, 11) is 0. The zero-order chi connectivity index (χ0) is 9.80. The third-order valence-electron chi connectivity index (χ3n) is 3.25. The van der Waals surface area contributed by atoms with E-state index in [4.69, 9.17) is 16.3 Å². The Morgan fingerprint density at radius 1 is 1.14 bits per heavy atom. The van der Waals surface area contributed by atoms with Crippen LogP contribution in [-0.2, 0) is 4.74 Å². The van der Waals surface area contributed by atoms with Gasteiger partial charge in [0.25, 0.3) is 0 Å². The average Bonchev–Trinajstić information content (AvgIpc) is 2.23. The average molecular weight is 218 g/mol. The molecule has 82 valence electrons. The van der Waals surface area contributed by atoms with E-state index in [9.17, 15) is 0 Å². The maximum atomic E-state index is 6.07. The van der Waals surface area contributed by atoms with Gasteiger partial charge in [0.15, 0.2) is 0 Å². The van der Waals surface area contributed by atoms with Crippen molar-refractivity contribution in [2.75, 3.05) is 26.2 Å². The van der Waals surface area contributed by atoms with E-state index in [-0.39, 0.29) is 0 Å². The second-order valence-electron chi connectivity index (χ2n) is 4.46. The van der Waals surface area contributed by atoms with Gasteiger partial charge in [-0.3, -0.25) is 0 Å². The molecule has 1 unspecified atom stereocenters. The van der Waals surface area contributed by atoms with Crippen LogP contribution in [0.2, 0.25) is 0 Å². The van der Waals surface area contributed by atoms with Gasteiger partial charge < -0.3 is 9.64 Å². The lowest BCUT2D eigenvalue weighted by atomic mass is 10.1. The number of ether oxygens (including phenoxy) is 1. The minimum Gasteiger partial charge on any atom is -0.377 e.